The molecule has 0 aromatic heterocycles. The third kappa shape index (κ3) is 1.67. The third-order valence-corrected chi connectivity index (χ3v) is 3.12. The van der Waals surface area contributed by atoms with Gasteiger partial charge in [-0.2, -0.15) is 0 Å². The van der Waals surface area contributed by atoms with Crippen LogP contribution in [-0.4, -0.2) is 29.4 Å². The molecule has 2 fully saturated rings. The summed E-state index contributed by atoms with van der Waals surface area (Å²) >= 11 is 0. The van der Waals surface area contributed by atoms with E-state index in [2.05, 4.69) is 0 Å². The van der Waals surface area contributed by atoms with Gasteiger partial charge in [0, 0.05) is 12.6 Å². The van der Waals surface area contributed by atoms with Crippen LogP contribution in [0.3, 0.4) is 0 Å². The smallest absolute Gasteiger partial charge is 0.239 e. The van der Waals surface area contributed by atoms with E-state index in [9.17, 15) is 4.79 Å². The summed E-state index contributed by atoms with van der Waals surface area (Å²) < 4.78 is 0. The highest BCUT2D eigenvalue weighted by molar-refractivity contribution is 5.85. The lowest BCUT2D eigenvalue weighted by Crippen LogP contribution is -2.59. The number of carbonyl (C=O) groups excluding carboxylic acids is 1. The first-order valence-electron chi connectivity index (χ1n) is 4.76. The molecule has 2 N–H and O–H groups in total. The van der Waals surface area contributed by atoms with Crippen molar-refractivity contribution in [2.24, 2.45) is 11.7 Å². The van der Waals surface area contributed by atoms with Gasteiger partial charge >= 0.3 is 0 Å². The van der Waals surface area contributed by atoms with E-state index in [4.69, 9.17) is 5.73 Å². The van der Waals surface area contributed by atoms with Crippen molar-refractivity contribution in [2.75, 3.05) is 6.54 Å². The fourth-order valence-corrected chi connectivity index (χ4v) is 2.41. The molecule has 76 valence electrons. The van der Waals surface area contributed by atoms with Gasteiger partial charge in [0.05, 0.1) is 6.04 Å². The van der Waals surface area contributed by atoms with E-state index >= 15 is 0 Å². The predicted octanol–water partition coefficient (Wildman–Crippen LogP) is 0.766. The molecule has 4 heteroatoms. The Labute approximate surface area is 85.1 Å². The van der Waals surface area contributed by atoms with Crippen molar-refractivity contribution in [1.29, 1.82) is 0 Å². The summed E-state index contributed by atoms with van der Waals surface area (Å²) in [5.41, 5.74) is 5.54. The summed E-state index contributed by atoms with van der Waals surface area (Å²) in [6.45, 7) is 2.73. The Morgan fingerprint density at radius 2 is 2.23 bits per heavy atom. The number of carbonyl (C=O) groups is 1. The number of halogens is 1. The van der Waals surface area contributed by atoms with Gasteiger partial charge in [0.15, 0.2) is 0 Å². The van der Waals surface area contributed by atoms with Crippen molar-refractivity contribution >= 4 is 18.3 Å². The molecule has 0 radical (unpaired) electrons. The van der Waals surface area contributed by atoms with E-state index in [-0.39, 0.29) is 24.4 Å². The zero-order valence-corrected chi connectivity index (χ0v) is 8.72. The van der Waals surface area contributed by atoms with Gasteiger partial charge in [-0.1, -0.05) is 6.42 Å². The molecule has 13 heavy (non-hydrogen) atoms. The Hall–Kier alpha value is -0.280. The number of amides is 1. The molecule has 3 unspecified atom stereocenters. The Morgan fingerprint density at radius 3 is 2.77 bits per heavy atom. The third-order valence-electron chi connectivity index (χ3n) is 3.12. The van der Waals surface area contributed by atoms with Crippen LogP contribution in [0.2, 0.25) is 0 Å². The number of rotatable bonds is 1. The van der Waals surface area contributed by atoms with Crippen LogP contribution in [0.25, 0.3) is 0 Å². The largest absolute Gasteiger partial charge is 0.338 e. The monoisotopic (exact) mass is 204 g/mol. The maximum absolute atomic E-state index is 11.5. The lowest BCUT2D eigenvalue weighted by molar-refractivity contribution is -0.143. The standard InChI is InChI=1S/C9H16N2O.ClH/c1-6(10)9(12)11-5-7-3-2-4-8(7)11;/h6-8H,2-5,10H2,1H3;1H. The molecule has 0 bridgehead atoms. The summed E-state index contributed by atoms with van der Waals surface area (Å²) in [6, 6.07) is 0.232. The predicted molar refractivity (Wildman–Crippen MR) is 53.7 cm³/mol. The van der Waals surface area contributed by atoms with E-state index in [0.29, 0.717) is 6.04 Å². The lowest BCUT2D eigenvalue weighted by atomic mass is 9.91. The molecule has 1 aliphatic carbocycles. The average Bonchev–Trinajstić information content (AvgIpc) is 2.32. The highest BCUT2D eigenvalue weighted by Gasteiger charge is 2.44. The molecule has 0 aromatic rings. The Kier molecular flexibility index (Phi) is 3.19. The SMILES string of the molecule is CC(N)C(=O)N1CC2CCCC21.Cl. The summed E-state index contributed by atoms with van der Waals surface area (Å²) in [7, 11) is 0. The first-order valence-corrected chi connectivity index (χ1v) is 4.76. The van der Waals surface area contributed by atoms with E-state index < -0.39 is 0 Å². The fourth-order valence-electron chi connectivity index (χ4n) is 2.41. The molecule has 1 heterocycles. The number of likely N-dealkylation sites (tertiary alicyclic amines) is 1. The van der Waals surface area contributed by atoms with Crippen molar-refractivity contribution < 1.29 is 4.79 Å². The highest BCUT2D eigenvalue weighted by Crippen LogP contribution is 2.38. The number of hydrogen-bond donors (Lipinski definition) is 1. The van der Waals surface area contributed by atoms with Crippen LogP contribution in [-0.2, 0) is 4.79 Å². The first kappa shape index (κ1) is 10.8. The Balaban J connectivity index is 0.000000845. The topological polar surface area (TPSA) is 46.3 Å². The number of hydrogen-bond acceptors (Lipinski definition) is 2. The van der Waals surface area contributed by atoms with Gasteiger partial charge in [0.1, 0.15) is 0 Å². The molecule has 2 aliphatic rings. The maximum atomic E-state index is 11.5. The van der Waals surface area contributed by atoms with E-state index in [1.807, 2.05) is 4.90 Å². The zero-order valence-electron chi connectivity index (χ0n) is 7.90. The molecular formula is C9H17ClN2O. The number of fused-ring (bicyclic) bond motifs is 1. The highest BCUT2D eigenvalue weighted by atomic mass is 35.5. The molecular weight excluding hydrogens is 188 g/mol. The van der Waals surface area contributed by atoms with Crippen LogP contribution < -0.4 is 5.73 Å². The van der Waals surface area contributed by atoms with Crippen molar-refractivity contribution in [3.63, 3.8) is 0 Å². The Morgan fingerprint density at radius 1 is 1.54 bits per heavy atom. The second-order valence-corrected chi connectivity index (χ2v) is 4.04. The van der Waals surface area contributed by atoms with Gasteiger partial charge in [0.25, 0.3) is 0 Å². The van der Waals surface area contributed by atoms with Crippen LogP contribution in [0.1, 0.15) is 26.2 Å². The molecule has 0 spiro atoms. The van der Waals surface area contributed by atoms with Gasteiger partial charge in [0.2, 0.25) is 5.91 Å². The van der Waals surface area contributed by atoms with Crippen molar-refractivity contribution in [1.82, 2.24) is 4.90 Å². The first-order chi connectivity index (χ1) is 5.70. The van der Waals surface area contributed by atoms with Crippen LogP contribution in [0.15, 0.2) is 0 Å². The average molecular weight is 205 g/mol. The lowest BCUT2D eigenvalue weighted by Gasteiger charge is -2.45. The summed E-state index contributed by atoms with van der Waals surface area (Å²) in [5.74, 6) is 0.936. The summed E-state index contributed by atoms with van der Waals surface area (Å²) in [4.78, 5) is 13.4. The summed E-state index contributed by atoms with van der Waals surface area (Å²) in [6.07, 6.45) is 3.80. The quantitative estimate of drug-likeness (QED) is 0.686. The van der Waals surface area contributed by atoms with Gasteiger partial charge < -0.3 is 10.6 Å². The minimum absolute atomic E-state index is 0. The molecule has 1 saturated heterocycles. The van der Waals surface area contributed by atoms with Crippen LogP contribution in [0.5, 0.6) is 0 Å². The maximum Gasteiger partial charge on any atom is 0.239 e. The van der Waals surface area contributed by atoms with Crippen molar-refractivity contribution in [3.8, 4) is 0 Å². The molecule has 1 saturated carbocycles. The molecule has 1 amide bonds. The second-order valence-electron chi connectivity index (χ2n) is 4.04. The minimum Gasteiger partial charge on any atom is -0.338 e. The van der Waals surface area contributed by atoms with E-state index in [1.165, 1.54) is 19.3 Å². The van der Waals surface area contributed by atoms with Crippen molar-refractivity contribution in [3.05, 3.63) is 0 Å². The van der Waals surface area contributed by atoms with Crippen LogP contribution in [0.4, 0.5) is 0 Å². The summed E-state index contributed by atoms with van der Waals surface area (Å²) in [5, 5.41) is 0. The molecule has 3 nitrogen and oxygen atoms in total. The fraction of sp³-hybridized carbons (Fsp3) is 0.889. The van der Waals surface area contributed by atoms with Crippen molar-refractivity contribution in [2.45, 2.75) is 38.3 Å². The normalized spacial score (nSPS) is 32.9. The second kappa shape index (κ2) is 3.84. The molecule has 2 rings (SSSR count). The Bertz CT molecular complexity index is 208. The molecule has 1 aliphatic heterocycles. The van der Waals surface area contributed by atoms with E-state index in [1.54, 1.807) is 6.92 Å². The molecule has 0 aromatic carbocycles. The van der Waals surface area contributed by atoms with Gasteiger partial charge in [-0.05, 0) is 25.7 Å². The minimum atomic E-state index is -0.313. The van der Waals surface area contributed by atoms with Crippen LogP contribution in [0, 0.1) is 5.92 Å². The van der Waals surface area contributed by atoms with Crippen LogP contribution >= 0.6 is 12.4 Å². The van der Waals surface area contributed by atoms with Gasteiger partial charge in [-0.25, -0.2) is 0 Å². The molecule has 3 atom stereocenters. The van der Waals surface area contributed by atoms with Gasteiger partial charge in [-0.15, -0.1) is 12.4 Å². The number of nitrogens with zero attached hydrogens (tertiary/aromatic N) is 1. The zero-order chi connectivity index (χ0) is 8.72. The van der Waals surface area contributed by atoms with Gasteiger partial charge in [-0.3, -0.25) is 4.79 Å². The number of nitrogens with two attached hydrogens (primary N) is 1. The van der Waals surface area contributed by atoms with E-state index in [0.717, 1.165) is 12.5 Å².